The first-order valence-electron chi connectivity index (χ1n) is 9.42. The number of aromatic nitrogens is 3. The van der Waals surface area contributed by atoms with E-state index in [0.717, 1.165) is 33.6 Å². The predicted octanol–water partition coefficient (Wildman–Crippen LogP) is 4.31. The monoisotopic (exact) mass is 411 g/mol. The minimum atomic E-state index is 0.0372. The minimum Gasteiger partial charge on any atom is -0.496 e. The van der Waals surface area contributed by atoms with E-state index in [0.29, 0.717) is 24.3 Å². The van der Waals surface area contributed by atoms with Gasteiger partial charge in [0, 0.05) is 30.3 Å². The standard InChI is InChI=1S/C22H25N3O3S/c1-5-28-19-9-6-16(7-10-19)12-21-23-24-22(25(21)3)29-14-18-13-17(15(2)26)8-11-20(18)27-4/h6-11,13H,5,12,14H2,1-4H3. The topological polar surface area (TPSA) is 66.2 Å². The van der Waals surface area contributed by atoms with E-state index in [-0.39, 0.29) is 5.78 Å². The fourth-order valence-corrected chi connectivity index (χ4v) is 3.84. The number of hydrogen-bond acceptors (Lipinski definition) is 6. The zero-order valence-corrected chi connectivity index (χ0v) is 18.0. The number of ketones is 1. The molecule has 6 nitrogen and oxygen atoms in total. The molecule has 1 heterocycles. The Kier molecular flexibility index (Phi) is 6.93. The highest BCUT2D eigenvalue weighted by atomic mass is 32.2. The van der Waals surface area contributed by atoms with Crippen LogP contribution in [0.1, 0.15) is 41.2 Å². The number of Topliss-reactive ketones (excluding diaryl/α,β-unsaturated/α-hetero) is 1. The van der Waals surface area contributed by atoms with Crippen molar-refractivity contribution >= 4 is 17.5 Å². The van der Waals surface area contributed by atoms with Crippen LogP contribution in [0.2, 0.25) is 0 Å². The van der Waals surface area contributed by atoms with Gasteiger partial charge in [-0.15, -0.1) is 10.2 Å². The highest BCUT2D eigenvalue weighted by molar-refractivity contribution is 7.98. The molecule has 1 aromatic heterocycles. The smallest absolute Gasteiger partial charge is 0.191 e. The van der Waals surface area contributed by atoms with Crippen molar-refractivity contribution in [1.29, 1.82) is 0 Å². The summed E-state index contributed by atoms with van der Waals surface area (Å²) in [4.78, 5) is 11.7. The molecular formula is C22H25N3O3S. The van der Waals surface area contributed by atoms with Crippen molar-refractivity contribution in [2.45, 2.75) is 31.2 Å². The summed E-state index contributed by atoms with van der Waals surface area (Å²) in [6.07, 6.45) is 0.694. The summed E-state index contributed by atoms with van der Waals surface area (Å²) < 4.78 is 12.9. The van der Waals surface area contributed by atoms with Crippen LogP contribution in [0.3, 0.4) is 0 Å². The average Bonchev–Trinajstić information content (AvgIpc) is 3.07. The van der Waals surface area contributed by atoms with Gasteiger partial charge in [0.1, 0.15) is 17.3 Å². The minimum absolute atomic E-state index is 0.0372. The Labute approximate surface area is 175 Å². The Morgan fingerprint density at radius 2 is 1.90 bits per heavy atom. The van der Waals surface area contributed by atoms with E-state index in [1.165, 1.54) is 0 Å². The zero-order chi connectivity index (χ0) is 20.8. The Bertz CT molecular complexity index is 983. The van der Waals surface area contributed by atoms with Gasteiger partial charge >= 0.3 is 0 Å². The molecule has 2 aromatic carbocycles. The van der Waals surface area contributed by atoms with Crippen molar-refractivity contribution in [3.63, 3.8) is 0 Å². The lowest BCUT2D eigenvalue weighted by molar-refractivity contribution is 0.101. The molecule has 0 bridgehead atoms. The van der Waals surface area contributed by atoms with E-state index in [1.807, 2.05) is 54.9 Å². The molecule has 0 saturated heterocycles. The van der Waals surface area contributed by atoms with Crippen LogP contribution in [0.25, 0.3) is 0 Å². The molecule has 0 unspecified atom stereocenters. The molecule has 0 radical (unpaired) electrons. The van der Waals surface area contributed by atoms with Crippen molar-refractivity contribution in [1.82, 2.24) is 14.8 Å². The van der Waals surface area contributed by atoms with Crippen LogP contribution in [-0.2, 0) is 19.2 Å². The lowest BCUT2D eigenvalue weighted by atomic mass is 10.1. The number of hydrogen-bond donors (Lipinski definition) is 0. The second-order valence-corrected chi connectivity index (χ2v) is 7.53. The fraction of sp³-hybridized carbons (Fsp3) is 0.318. The van der Waals surface area contributed by atoms with Gasteiger partial charge in [-0.2, -0.15) is 0 Å². The van der Waals surface area contributed by atoms with Crippen LogP contribution in [0, 0.1) is 0 Å². The molecule has 29 heavy (non-hydrogen) atoms. The van der Waals surface area contributed by atoms with E-state index in [2.05, 4.69) is 10.2 Å². The number of rotatable bonds is 9. The fourth-order valence-electron chi connectivity index (χ4n) is 2.93. The first-order chi connectivity index (χ1) is 14.0. The molecule has 0 aliphatic carbocycles. The third kappa shape index (κ3) is 5.17. The third-order valence-corrected chi connectivity index (χ3v) is 5.63. The Balaban J connectivity index is 1.70. The number of ether oxygens (including phenoxy) is 2. The molecule has 3 aromatic rings. The van der Waals surface area contributed by atoms with Gasteiger partial charge in [-0.25, -0.2) is 0 Å². The van der Waals surface area contributed by atoms with Gasteiger partial charge in [0.05, 0.1) is 13.7 Å². The van der Waals surface area contributed by atoms with Crippen molar-refractivity contribution in [3.05, 3.63) is 65.0 Å². The van der Waals surface area contributed by atoms with E-state index in [4.69, 9.17) is 9.47 Å². The highest BCUT2D eigenvalue weighted by Gasteiger charge is 2.13. The zero-order valence-electron chi connectivity index (χ0n) is 17.1. The second-order valence-electron chi connectivity index (χ2n) is 6.58. The molecular weight excluding hydrogens is 386 g/mol. The van der Waals surface area contributed by atoms with E-state index in [9.17, 15) is 4.79 Å². The average molecular weight is 412 g/mol. The van der Waals surface area contributed by atoms with Crippen LogP contribution >= 0.6 is 11.8 Å². The molecule has 0 spiro atoms. The maximum atomic E-state index is 11.7. The summed E-state index contributed by atoms with van der Waals surface area (Å²) in [7, 11) is 3.60. The Morgan fingerprint density at radius 3 is 2.55 bits per heavy atom. The van der Waals surface area contributed by atoms with Crippen LogP contribution in [0.4, 0.5) is 0 Å². The van der Waals surface area contributed by atoms with Crippen molar-refractivity contribution in [2.75, 3.05) is 13.7 Å². The largest absolute Gasteiger partial charge is 0.496 e. The van der Waals surface area contributed by atoms with Crippen molar-refractivity contribution < 1.29 is 14.3 Å². The molecule has 0 saturated carbocycles. The van der Waals surface area contributed by atoms with E-state index >= 15 is 0 Å². The Morgan fingerprint density at radius 1 is 1.14 bits per heavy atom. The normalized spacial score (nSPS) is 10.8. The van der Waals surface area contributed by atoms with E-state index < -0.39 is 0 Å². The SMILES string of the molecule is CCOc1ccc(Cc2nnc(SCc3cc(C(C)=O)ccc3OC)n2C)cc1. The number of benzene rings is 2. The van der Waals surface area contributed by atoms with Gasteiger partial charge in [-0.05, 0) is 49.7 Å². The third-order valence-electron chi connectivity index (χ3n) is 4.57. The lowest BCUT2D eigenvalue weighted by Crippen LogP contribution is -2.01. The molecule has 7 heteroatoms. The van der Waals surface area contributed by atoms with Crippen LogP contribution in [-0.4, -0.2) is 34.3 Å². The number of methoxy groups -OCH3 is 1. The Hall–Kier alpha value is -2.80. The summed E-state index contributed by atoms with van der Waals surface area (Å²) in [5, 5.41) is 9.50. The maximum absolute atomic E-state index is 11.7. The molecule has 0 N–H and O–H groups in total. The second kappa shape index (κ2) is 9.60. The summed E-state index contributed by atoms with van der Waals surface area (Å²) in [5.41, 5.74) is 2.79. The first-order valence-corrected chi connectivity index (χ1v) is 10.4. The molecule has 152 valence electrons. The number of carbonyl (C=O) groups excluding carboxylic acids is 1. The van der Waals surface area contributed by atoms with Crippen LogP contribution < -0.4 is 9.47 Å². The maximum Gasteiger partial charge on any atom is 0.191 e. The van der Waals surface area contributed by atoms with Gasteiger partial charge in [0.25, 0.3) is 0 Å². The number of thioether (sulfide) groups is 1. The van der Waals surface area contributed by atoms with Gasteiger partial charge in [0.2, 0.25) is 0 Å². The molecule has 0 amide bonds. The summed E-state index contributed by atoms with van der Waals surface area (Å²) >= 11 is 1.57. The summed E-state index contributed by atoms with van der Waals surface area (Å²) in [6.45, 7) is 4.19. The van der Waals surface area contributed by atoms with Crippen LogP contribution in [0.5, 0.6) is 11.5 Å². The molecule has 0 fully saturated rings. The quantitative estimate of drug-likeness (QED) is 0.386. The van der Waals surface area contributed by atoms with Gasteiger partial charge in [-0.1, -0.05) is 23.9 Å². The van der Waals surface area contributed by atoms with Crippen molar-refractivity contribution in [3.8, 4) is 11.5 Å². The molecule has 0 atom stereocenters. The molecule has 0 aliphatic rings. The number of carbonyl (C=O) groups is 1. The van der Waals surface area contributed by atoms with Gasteiger partial charge in [-0.3, -0.25) is 4.79 Å². The summed E-state index contributed by atoms with van der Waals surface area (Å²) in [5.74, 6) is 3.20. The molecule has 3 rings (SSSR count). The molecule has 0 aliphatic heterocycles. The van der Waals surface area contributed by atoms with Gasteiger partial charge < -0.3 is 14.0 Å². The lowest BCUT2D eigenvalue weighted by Gasteiger charge is -2.10. The highest BCUT2D eigenvalue weighted by Crippen LogP contribution is 2.28. The van der Waals surface area contributed by atoms with Crippen LogP contribution in [0.15, 0.2) is 47.6 Å². The van der Waals surface area contributed by atoms with Crippen molar-refractivity contribution in [2.24, 2.45) is 7.05 Å². The summed E-state index contributed by atoms with van der Waals surface area (Å²) in [6, 6.07) is 13.5. The first kappa shape index (κ1) is 20.9. The van der Waals surface area contributed by atoms with Gasteiger partial charge in [0.15, 0.2) is 10.9 Å². The predicted molar refractivity (Wildman–Crippen MR) is 114 cm³/mol. The van der Waals surface area contributed by atoms with E-state index in [1.54, 1.807) is 31.9 Å². The number of nitrogens with zero attached hydrogens (tertiary/aromatic N) is 3.